The van der Waals surface area contributed by atoms with E-state index in [-0.39, 0.29) is 6.03 Å². The first-order chi connectivity index (χ1) is 10.8. The third-order valence-electron chi connectivity index (χ3n) is 3.80. The molecule has 0 unspecified atom stereocenters. The fraction of sp³-hybridized carbons (Fsp3) is 0.400. The maximum Gasteiger partial charge on any atom is 0.317 e. The highest BCUT2D eigenvalue weighted by Gasteiger charge is 2.20. The Kier molecular flexibility index (Phi) is 4.65. The van der Waals surface area contributed by atoms with Gasteiger partial charge in [0.1, 0.15) is 0 Å². The number of carbonyl (C=O) groups is 1. The monoisotopic (exact) mass is 300 g/mol. The zero-order valence-corrected chi connectivity index (χ0v) is 12.4. The Balaban J connectivity index is 1.42. The minimum Gasteiger partial charge on any atom is -0.332 e. The average Bonchev–Trinajstić information content (AvgIpc) is 3.08. The lowest BCUT2D eigenvalue weighted by atomic mass is 10.2. The molecule has 116 valence electrons. The lowest BCUT2D eigenvalue weighted by Gasteiger charge is -2.34. The summed E-state index contributed by atoms with van der Waals surface area (Å²) in [6.07, 6.45) is 5.31. The number of carbonyl (C=O) groups excluding carboxylic acids is 1. The summed E-state index contributed by atoms with van der Waals surface area (Å²) in [6, 6.07) is 5.90. The summed E-state index contributed by atoms with van der Waals surface area (Å²) < 4.78 is 0. The molecule has 2 amide bonds. The Morgan fingerprint density at radius 2 is 1.91 bits per heavy atom. The highest BCUT2D eigenvalue weighted by molar-refractivity contribution is 5.74. The molecule has 0 aliphatic carbocycles. The molecule has 1 saturated heterocycles. The molecule has 3 heterocycles. The number of amides is 2. The van der Waals surface area contributed by atoms with Gasteiger partial charge >= 0.3 is 6.03 Å². The van der Waals surface area contributed by atoms with Crippen molar-refractivity contribution in [2.24, 2.45) is 0 Å². The number of nitrogens with one attached hydrogen (secondary N) is 2. The fourth-order valence-corrected chi connectivity index (χ4v) is 2.52. The van der Waals surface area contributed by atoms with Gasteiger partial charge in [0.05, 0.1) is 12.2 Å². The number of hydrogen-bond donors (Lipinski definition) is 2. The van der Waals surface area contributed by atoms with Crippen LogP contribution in [0.5, 0.6) is 0 Å². The smallest absolute Gasteiger partial charge is 0.317 e. The summed E-state index contributed by atoms with van der Waals surface area (Å²) in [7, 11) is 0. The van der Waals surface area contributed by atoms with Gasteiger partial charge in [0.15, 0.2) is 0 Å². The van der Waals surface area contributed by atoms with Gasteiger partial charge in [0.2, 0.25) is 0 Å². The first-order valence-electron chi connectivity index (χ1n) is 7.43. The Hall–Kier alpha value is -2.41. The number of urea groups is 1. The van der Waals surface area contributed by atoms with Crippen LogP contribution in [0.3, 0.4) is 0 Å². The van der Waals surface area contributed by atoms with Crippen molar-refractivity contribution in [1.29, 1.82) is 0 Å². The molecule has 3 rings (SSSR count). The second-order valence-electron chi connectivity index (χ2n) is 5.36. The first kappa shape index (κ1) is 14.5. The lowest BCUT2D eigenvalue weighted by Crippen LogP contribution is -2.51. The number of pyridine rings is 1. The summed E-state index contributed by atoms with van der Waals surface area (Å²) in [4.78, 5) is 20.4. The van der Waals surface area contributed by atoms with Crippen molar-refractivity contribution in [3.63, 3.8) is 0 Å². The molecule has 2 N–H and O–H groups in total. The van der Waals surface area contributed by atoms with Gasteiger partial charge < -0.3 is 10.2 Å². The van der Waals surface area contributed by atoms with Gasteiger partial charge in [-0.25, -0.2) is 4.79 Å². The van der Waals surface area contributed by atoms with Gasteiger partial charge in [-0.1, -0.05) is 0 Å². The summed E-state index contributed by atoms with van der Waals surface area (Å²) in [5.74, 6) is 0. The summed E-state index contributed by atoms with van der Waals surface area (Å²) >= 11 is 0. The van der Waals surface area contributed by atoms with Crippen LogP contribution >= 0.6 is 0 Å². The number of hydrogen-bond acceptors (Lipinski definition) is 4. The van der Waals surface area contributed by atoms with Crippen molar-refractivity contribution in [2.45, 2.75) is 13.1 Å². The van der Waals surface area contributed by atoms with E-state index in [2.05, 4.69) is 25.4 Å². The van der Waals surface area contributed by atoms with E-state index in [0.29, 0.717) is 6.54 Å². The fourth-order valence-electron chi connectivity index (χ4n) is 2.52. The van der Waals surface area contributed by atoms with Gasteiger partial charge in [0, 0.05) is 51.3 Å². The van der Waals surface area contributed by atoms with E-state index in [0.717, 1.165) is 38.4 Å². The number of piperazine rings is 1. The molecule has 0 bridgehead atoms. The third kappa shape index (κ3) is 3.82. The molecule has 2 aromatic rings. The van der Waals surface area contributed by atoms with E-state index in [1.165, 1.54) is 5.56 Å². The van der Waals surface area contributed by atoms with Gasteiger partial charge in [-0.05, 0) is 23.8 Å². The third-order valence-corrected chi connectivity index (χ3v) is 3.80. The van der Waals surface area contributed by atoms with E-state index in [9.17, 15) is 4.79 Å². The molecule has 1 aliphatic rings. The maximum atomic E-state index is 12.1. The minimum absolute atomic E-state index is 0.0156. The van der Waals surface area contributed by atoms with E-state index in [1.54, 1.807) is 6.20 Å². The standard InChI is InChI=1S/C15H20N6O/c22-15(17-11-14-3-6-18-19-14)21-9-7-20(8-10-21)12-13-1-4-16-5-2-13/h1-6H,7-12H2,(H,17,22)(H,18,19). The molecule has 0 atom stereocenters. The number of nitrogens with zero attached hydrogens (tertiary/aromatic N) is 4. The molecule has 7 heteroatoms. The van der Waals surface area contributed by atoms with E-state index >= 15 is 0 Å². The van der Waals surface area contributed by atoms with Crippen molar-refractivity contribution in [3.05, 3.63) is 48.0 Å². The molecule has 1 aliphatic heterocycles. The molecule has 22 heavy (non-hydrogen) atoms. The van der Waals surface area contributed by atoms with Crippen LogP contribution in [0.25, 0.3) is 0 Å². The number of H-pyrrole nitrogens is 1. The number of rotatable bonds is 4. The molecular formula is C15H20N6O. The number of aromatic nitrogens is 3. The highest BCUT2D eigenvalue weighted by Crippen LogP contribution is 2.08. The average molecular weight is 300 g/mol. The van der Waals surface area contributed by atoms with E-state index in [4.69, 9.17) is 0 Å². The zero-order chi connectivity index (χ0) is 15.2. The van der Waals surface area contributed by atoms with Crippen molar-refractivity contribution in [3.8, 4) is 0 Å². The highest BCUT2D eigenvalue weighted by atomic mass is 16.2. The Labute approximate surface area is 129 Å². The van der Waals surface area contributed by atoms with Crippen molar-refractivity contribution in [1.82, 2.24) is 30.3 Å². The Bertz CT molecular complexity index is 577. The molecule has 0 aromatic carbocycles. The second kappa shape index (κ2) is 7.04. The predicted molar refractivity (Wildman–Crippen MR) is 81.9 cm³/mol. The van der Waals surface area contributed by atoms with Gasteiger partial charge in [-0.2, -0.15) is 5.10 Å². The van der Waals surface area contributed by atoms with Crippen molar-refractivity contribution < 1.29 is 4.79 Å². The normalized spacial score (nSPS) is 15.7. The zero-order valence-electron chi connectivity index (χ0n) is 12.4. The molecule has 7 nitrogen and oxygen atoms in total. The van der Waals surface area contributed by atoms with Crippen LogP contribution in [0.1, 0.15) is 11.3 Å². The lowest BCUT2D eigenvalue weighted by molar-refractivity contribution is 0.135. The Morgan fingerprint density at radius 1 is 1.14 bits per heavy atom. The minimum atomic E-state index is -0.0156. The van der Waals surface area contributed by atoms with E-state index in [1.807, 2.05) is 35.5 Å². The Morgan fingerprint density at radius 3 is 2.59 bits per heavy atom. The summed E-state index contributed by atoms with van der Waals surface area (Å²) in [5, 5.41) is 9.60. The van der Waals surface area contributed by atoms with Crippen LogP contribution < -0.4 is 5.32 Å². The molecule has 0 spiro atoms. The maximum absolute atomic E-state index is 12.1. The van der Waals surface area contributed by atoms with Gasteiger partial charge in [-0.15, -0.1) is 0 Å². The van der Waals surface area contributed by atoms with E-state index < -0.39 is 0 Å². The van der Waals surface area contributed by atoms with Crippen LogP contribution in [-0.2, 0) is 13.1 Å². The SMILES string of the molecule is O=C(NCc1ccn[nH]1)N1CCN(Cc2ccncc2)CC1. The van der Waals surface area contributed by atoms with Crippen LogP contribution in [0.4, 0.5) is 4.79 Å². The van der Waals surface area contributed by atoms with Gasteiger partial charge in [-0.3, -0.25) is 15.0 Å². The first-order valence-corrected chi connectivity index (χ1v) is 7.43. The van der Waals surface area contributed by atoms with Crippen molar-refractivity contribution >= 4 is 6.03 Å². The van der Waals surface area contributed by atoms with Crippen LogP contribution in [0.2, 0.25) is 0 Å². The molecule has 0 radical (unpaired) electrons. The van der Waals surface area contributed by atoms with Crippen molar-refractivity contribution in [2.75, 3.05) is 26.2 Å². The second-order valence-corrected chi connectivity index (χ2v) is 5.36. The summed E-state index contributed by atoms with van der Waals surface area (Å²) in [5.41, 5.74) is 2.16. The quantitative estimate of drug-likeness (QED) is 0.877. The van der Waals surface area contributed by atoms with Crippen LogP contribution in [0, 0.1) is 0 Å². The largest absolute Gasteiger partial charge is 0.332 e. The topological polar surface area (TPSA) is 77.2 Å². The molecule has 1 fully saturated rings. The molecule has 2 aromatic heterocycles. The molecule has 0 saturated carbocycles. The predicted octanol–water partition coefficient (Wildman–Crippen LogP) is 0.832. The summed E-state index contributed by atoms with van der Waals surface area (Å²) in [6.45, 7) is 4.67. The van der Waals surface area contributed by atoms with Gasteiger partial charge in [0.25, 0.3) is 0 Å². The molecular weight excluding hydrogens is 280 g/mol. The van der Waals surface area contributed by atoms with Crippen LogP contribution in [0.15, 0.2) is 36.8 Å². The number of aromatic amines is 1. The van der Waals surface area contributed by atoms with Crippen LogP contribution in [-0.4, -0.2) is 57.2 Å².